The molecule has 0 aromatic heterocycles. The first-order valence-corrected chi connectivity index (χ1v) is 2.48. The highest BCUT2D eigenvalue weighted by atomic mass is 35.5. The molecule has 4 heteroatoms. The summed E-state index contributed by atoms with van der Waals surface area (Å²) in [6.45, 7) is 1.84. The molecule has 0 fully saturated rings. The molecule has 0 saturated heterocycles. The van der Waals surface area contributed by atoms with Crippen molar-refractivity contribution in [2.24, 2.45) is 0 Å². The number of hydrogen-bond donors (Lipinski definition) is 1. The maximum Gasteiger partial charge on any atom is 0.0865 e. The van der Waals surface area contributed by atoms with Gasteiger partial charge in [-0.2, -0.15) is 0 Å². The van der Waals surface area contributed by atoms with Crippen molar-refractivity contribution in [2.75, 3.05) is 14.1 Å². The van der Waals surface area contributed by atoms with E-state index in [9.17, 15) is 0 Å². The zero-order chi connectivity index (χ0) is 5.86. The Hall–Kier alpha value is 0.140. The van der Waals surface area contributed by atoms with Crippen LogP contribution in [0.2, 0.25) is 0 Å². The van der Waals surface area contributed by atoms with Crippen molar-refractivity contribution in [3.05, 3.63) is 0 Å². The summed E-state index contributed by atoms with van der Waals surface area (Å²) < 4.78 is 0. The van der Waals surface area contributed by atoms with E-state index in [0.717, 1.165) is 4.99 Å². The zero-order valence-corrected chi connectivity index (χ0v) is 6.90. The quantitative estimate of drug-likeness (QED) is 0.445. The molecule has 0 radical (unpaired) electrons. The maximum absolute atomic E-state index is 4.72. The van der Waals surface area contributed by atoms with Crippen LogP contribution in [0.3, 0.4) is 0 Å². The third-order valence-corrected chi connectivity index (χ3v) is 0.472. The Morgan fingerprint density at radius 3 is 1.88 bits per heavy atom. The van der Waals surface area contributed by atoms with Gasteiger partial charge >= 0.3 is 0 Å². The number of halogens is 1. The molecule has 0 saturated carbocycles. The fourth-order valence-corrected chi connectivity index (χ4v) is 0.497. The highest BCUT2D eigenvalue weighted by molar-refractivity contribution is 7.80. The van der Waals surface area contributed by atoms with E-state index in [1.54, 1.807) is 0 Å². The fourth-order valence-electron chi connectivity index (χ4n) is 0.315. The first-order chi connectivity index (χ1) is 3.13. The van der Waals surface area contributed by atoms with Crippen molar-refractivity contribution in [3.63, 3.8) is 0 Å². The van der Waals surface area contributed by atoms with Crippen molar-refractivity contribution in [3.8, 4) is 0 Å². The van der Waals surface area contributed by atoms with Crippen LogP contribution in [0.25, 0.3) is 0 Å². The molecule has 0 spiro atoms. The van der Waals surface area contributed by atoms with Gasteiger partial charge in [0.25, 0.3) is 0 Å². The van der Waals surface area contributed by atoms with Crippen molar-refractivity contribution < 1.29 is 0 Å². The summed E-state index contributed by atoms with van der Waals surface area (Å²) in [6.07, 6.45) is 0. The first-order valence-electron chi connectivity index (χ1n) is 2.07. The van der Waals surface area contributed by atoms with Crippen LogP contribution < -0.4 is 5.43 Å². The molecule has 0 bridgehead atoms. The van der Waals surface area contributed by atoms with Gasteiger partial charge in [0.2, 0.25) is 0 Å². The number of thiocarbonyl (C=S) groups is 1. The lowest BCUT2D eigenvalue weighted by molar-refractivity contribution is 0.364. The van der Waals surface area contributed by atoms with E-state index in [1.165, 1.54) is 0 Å². The van der Waals surface area contributed by atoms with Gasteiger partial charge in [0.05, 0.1) is 4.99 Å². The highest BCUT2D eigenvalue weighted by Gasteiger charge is 1.82. The fraction of sp³-hybridized carbons (Fsp3) is 0.750. The second-order valence-corrected chi connectivity index (χ2v) is 2.17. The van der Waals surface area contributed by atoms with Crippen molar-refractivity contribution in [2.45, 2.75) is 6.92 Å². The van der Waals surface area contributed by atoms with Gasteiger partial charge in [0, 0.05) is 14.1 Å². The number of nitrogens with zero attached hydrogens (tertiary/aromatic N) is 1. The number of rotatable bonds is 1. The molecule has 50 valence electrons. The first kappa shape index (κ1) is 11.0. The van der Waals surface area contributed by atoms with E-state index in [2.05, 4.69) is 5.43 Å². The summed E-state index contributed by atoms with van der Waals surface area (Å²) in [7, 11) is 3.80. The van der Waals surface area contributed by atoms with Gasteiger partial charge in [-0.1, -0.05) is 12.2 Å². The third kappa shape index (κ3) is 9.46. The monoisotopic (exact) mass is 154 g/mol. The molecule has 0 aliphatic rings. The van der Waals surface area contributed by atoms with Crippen LogP contribution in [0, 0.1) is 0 Å². The molecular formula is C4H11ClN2S. The van der Waals surface area contributed by atoms with E-state index in [0.29, 0.717) is 0 Å². The molecule has 8 heavy (non-hydrogen) atoms. The average Bonchev–Trinajstić information content (AvgIpc) is 1.27. The normalized spacial score (nSPS) is 8.00. The van der Waals surface area contributed by atoms with Crippen molar-refractivity contribution >= 4 is 29.6 Å². The minimum atomic E-state index is 0. The van der Waals surface area contributed by atoms with Crippen LogP contribution in [-0.4, -0.2) is 24.1 Å². The second kappa shape index (κ2) is 5.28. The minimum absolute atomic E-state index is 0. The lowest BCUT2D eigenvalue weighted by atomic mass is 10.8. The molecule has 0 amide bonds. The number of hydrogen-bond acceptors (Lipinski definition) is 2. The van der Waals surface area contributed by atoms with E-state index >= 15 is 0 Å². The van der Waals surface area contributed by atoms with Crippen LogP contribution >= 0.6 is 24.6 Å². The molecule has 0 rings (SSSR count). The summed E-state index contributed by atoms with van der Waals surface area (Å²) in [5.74, 6) is 0. The summed E-state index contributed by atoms with van der Waals surface area (Å²) >= 11 is 4.72. The van der Waals surface area contributed by atoms with Gasteiger partial charge < -0.3 is 5.43 Å². The molecule has 0 aliphatic heterocycles. The molecule has 2 nitrogen and oxygen atoms in total. The van der Waals surface area contributed by atoms with E-state index in [4.69, 9.17) is 12.2 Å². The van der Waals surface area contributed by atoms with Crippen LogP contribution in [0.5, 0.6) is 0 Å². The van der Waals surface area contributed by atoms with Gasteiger partial charge in [-0.25, -0.2) is 5.01 Å². The molecule has 0 atom stereocenters. The largest absolute Gasteiger partial charge is 0.314 e. The molecule has 0 aromatic carbocycles. The highest BCUT2D eigenvalue weighted by Crippen LogP contribution is 1.67. The topological polar surface area (TPSA) is 15.3 Å². The van der Waals surface area contributed by atoms with Gasteiger partial charge in [0.15, 0.2) is 0 Å². The summed E-state index contributed by atoms with van der Waals surface area (Å²) in [6, 6.07) is 0. The lowest BCUT2D eigenvalue weighted by Gasteiger charge is -2.09. The predicted octanol–water partition coefficient (Wildman–Crippen LogP) is 0.822. The lowest BCUT2D eigenvalue weighted by Crippen LogP contribution is -2.33. The zero-order valence-electron chi connectivity index (χ0n) is 5.26. The van der Waals surface area contributed by atoms with E-state index in [1.807, 2.05) is 26.0 Å². The number of nitrogens with one attached hydrogen (secondary N) is 1. The van der Waals surface area contributed by atoms with Crippen LogP contribution in [0.1, 0.15) is 6.92 Å². The summed E-state index contributed by atoms with van der Waals surface area (Å²) in [5, 5.41) is 1.81. The summed E-state index contributed by atoms with van der Waals surface area (Å²) in [4.78, 5) is 0.796. The second-order valence-electron chi connectivity index (χ2n) is 1.56. The van der Waals surface area contributed by atoms with Crippen molar-refractivity contribution in [1.29, 1.82) is 0 Å². The predicted molar refractivity (Wildman–Crippen MR) is 42.3 cm³/mol. The Bertz CT molecular complexity index is 74.4. The van der Waals surface area contributed by atoms with Crippen molar-refractivity contribution in [1.82, 2.24) is 10.4 Å². The molecule has 0 unspecified atom stereocenters. The molecule has 0 aromatic rings. The molecule has 1 N–H and O–H groups in total. The van der Waals surface area contributed by atoms with Crippen LogP contribution in [0.4, 0.5) is 0 Å². The maximum atomic E-state index is 4.72. The molecule has 0 heterocycles. The van der Waals surface area contributed by atoms with Crippen LogP contribution in [-0.2, 0) is 0 Å². The minimum Gasteiger partial charge on any atom is -0.314 e. The number of hydrazine groups is 1. The molecular weight excluding hydrogens is 144 g/mol. The Kier molecular flexibility index (Phi) is 7.26. The molecule has 0 aliphatic carbocycles. The Morgan fingerprint density at radius 1 is 1.50 bits per heavy atom. The van der Waals surface area contributed by atoms with E-state index in [-0.39, 0.29) is 12.4 Å². The Balaban J connectivity index is 0. The van der Waals surface area contributed by atoms with Crippen LogP contribution in [0.15, 0.2) is 0 Å². The Labute approximate surface area is 61.6 Å². The standard InChI is InChI=1S/C4H10N2S.ClH/c1-4(7)5-6(2)3;/h1-3H3,(H,5,7);1H. The smallest absolute Gasteiger partial charge is 0.0865 e. The van der Waals surface area contributed by atoms with Gasteiger partial charge in [0.1, 0.15) is 0 Å². The summed E-state index contributed by atoms with van der Waals surface area (Å²) in [5.41, 5.74) is 2.87. The third-order valence-electron chi connectivity index (χ3n) is 0.381. The SMILES string of the molecule is CC(=S)NN(C)C.Cl. The van der Waals surface area contributed by atoms with Gasteiger partial charge in [-0.05, 0) is 6.92 Å². The Morgan fingerprint density at radius 2 is 1.88 bits per heavy atom. The van der Waals surface area contributed by atoms with E-state index < -0.39 is 0 Å². The van der Waals surface area contributed by atoms with Gasteiger partial charge in [-0.15, -0.1) is 12.4 Å². The van der Waals surface area contributed by atoms with Gasteiger partial charge in [-0.3, -0.25) is 0 Å². The average molecular weight is 155 g/mol.